The van der Waals surface area contributed by atoms with Gasteiger partial charge in [-0.2, -0.15) is 0 Å². The van der Waals surface area contributed by atoms with Gasteiger partial charge in [0.05, 0.1) is 5.57 Å². The second-order valence-electron chi connectivity index (χ2n) is 7.22. The van der Waals surface area contributed by atoms with E-state index in [-0.39, 0.29) is 29.7 Å². The maximum Gasteiger partial charge on any atom is 0.262 e. The minimum Gasteiger partial charge on any atom is -0.484 e. The van der Waals surface area contributed by atoms with E-state index >= 15 is 0 Å². The van der Waals surface area contributed by atoms with E-state index in [2.05, 4.69) is 12.2 Å². The van der Waals surface area contributed by atoms with E-state index < -0.39 is 0 Å². The van der Waals surface area contributed by atoms with Gasteiger partial charge in [0.25, 0.3) is 5.91 Å². The third kappa shape index (κ3) is 4.46. The van der Waals surface area contributed by atoms with Crippen molar-refractivity contribution in [1.82, 2.24) is 0 Å². The number of allylic oxidation sites excluding steroid dienone is 1. The molecule has 5 heteroatoms. The largest absolute Gasteiger partial charge is 0.484 e. The van der Waals surface area contributed by atoms with Crippen molar-refractivity contribution in [2.45, 2.75) is 13.3 Å². The van der Waals surface area contributed by atoms with Crippen molar-refractivity contribution in [3.8, 4) is 5.75 Å². The van der Waals surface area contributed by atoms with Crippen molar-refractivity contribution in [2.24, 2.45) is 0 Å². The highest BCUT2D eigenvalue weighted by Gasteiger charge is 2.32. The maximum atomic E-state index is 12.6. The molecule has 154 valence electrons. The number of aryl methyl sites for hydroxylation is 1. The van der Waals surface area contributed by atoms with Crippen LogP contribution in [0, 0.1) is 0 Å². The fourth-order valence-electron chi connectivity index (χ4n) is 3.43. The lowest BCUT2D eigenvalue weighted by Crippen LogP contribution is -2.20. The van der Waals surface area contributed by atoms with Gasteiger partial charge in [0, 0.05) is 16.8 Å². The topological polar surface area (TPSA) is 72.5 Å². The van der Waals surface area contributed by atoms with E-state index in [0.717, 1.165) is 6.42 Å². The SMILES string of the molecule is CCc1ccc(NC(=O)COc2cccc(C=C3C(=O)c4ccccc4C3=O)c2)cc1. The predicted molar refractivity (Wildman–Crippen MR) is 119 cm³/mol. The first kappa shape index (κ1) is 20.3. The number of nitrogens with one attached hydrogen (secondary N) is 1. The van der Waals surface area contributed by atoms with Crippen LogP contribution in [0.4, 0.5) is 5.69 Å². The molecule has 0 aromatic heterocycles. The number of ketones is 2. The molecule has 1 N–H and O–H groups in total. The molecule has 5 nitrogen and oxygen atoms in total. The van der Waals surface area contributed by atoms with Crippen molar-refractivity contribution in [3.05, 3.63) is 101 Å². The number of carbonyl (C=O) groups excluding carboxylic acids is 3. The monoisotopic (exact) mass is 411 g/mol. The summed E-state index contributed by atoms with van der Waals surface area (Å²) in [7, 11) is 0. The van der Waals surface area contributed by atoms with Gasteiger partial charge >= 0.3 is 0 Å². The molecule has 0 heterocycles. The highest BCUT2D eigenvalue weighted by molar-refractivity contribution is 6.41. The van der Waals surface area contributed by atoms with Crippen LogP contribution in [0.15, 0.2) is 78.4 Å². The normalized spacial score (nSPS) is 12.5. The Bertz CT molecular complexity index is 1160. The van der Waals surface area contributed by atoms with Crippen molar-refractivity contribution in [3.63, 3.8) is 0 Å². The van der Waals surface area contributed by atoms with E-state index in [1.54, 1.807) is 54.6 Å². The molecule has 1 amide bonds. The first-order valence-corrected chi connectivity index (χ1v) is 10.1. The quantitative estimate of drug-likeness (QED) is 0.470. The first-order valence-electron chi connectivity index (χ1n) is 10.1. The number of ether oxygens (including phenoxy) is 1. The third-order valence-corrected chi connectivity index (χ3v) is 5.09. The molecule has 1 aliphatic rings. The zero-order valence-electron chi connectivity index (χ0n) is 17.1. The van der Waals surface area contributed by atoms with Crippen molar-refractivity contribution >= 4 is 29.2 Å². The first-order chi connectivity index (χ1) is 15.0. The number of hydrogen-bond acceptors (Lipinski definition) is 4. The zero-order valence-corrected chi connectivity index (χ0v) is 17.1. The molecule has 1 aliphatic carbocycles. The van der Waals surface area contributed by atoms with E-state index in [1.165, 1.54) is 5.56 Å². The number of benzene rings is 3. The number of hydrogen-bond donors (Lipinski definition) is 1. The smallest absolute Gasteiger partial charge is 0.262 e. The van der Waals surface area contributed by atoms with Gasteiger partial charge in [-0.25, -0.2) is 0 Å². The van der Waals surface area contributed by atoms with Gasteiger partial charge < -0.3 is 10.1 Å². The number of carbonyl (C=O) groups is 3. The Morgan fingerprint density at radius 3 is 2.23 bits per heavy atom. The van der Waals surface area contributed by atoms with Crippen molar-refractivity contribution in [2.75, 3.05) is 11.9 Å². The van der Waals surface area contributed by atoms with Crippen LogP contribution in [0.2, 0.25) is 0 Å². The minimum atomic E-state index is -0.277. The highest BCUT2D eigenvalue weighted by atomic mass is 16.5. The second-order valence-corrected chi connectivity index (χ2v) is 7.22. The average Bonchev–Trinajstić information content (AvgIpc) is 3.04. The van der Waals surface area contributed by atoms with Crippen LogP contribution in [-0.4, -0.2) is 24.1 Å². The Kier molecular flexibility index (Phi) is 5.76. The van der Waals surface area contributed by atoms with Crippen LogP contribution in [0.5, 0.6) is 5.75 Å². The number of Topliss-reactive ketones (excluding diaryl/α,β-unsaturated/α-hetero) is 2. The molecule has 0 spiro atoms. The summed E-state index contributed by atoms with van der Waals surface area (Å²) in [5.41, 5.74) is 3.54. The molecule has 4 rings (SSSR count). The lowest BCUT2D eigenvalue weighted by Gasteiger charge is -2.09. The predicted octanol–water partition coefficient (Wildman–Crippen LogP) is 4.73. The summed E-state index contributed by atoms with van der Waals surface area (Å²) in [4.78, 5) is 37.3. The van der Waals surface area contributed by atoms with Gasteiger partial charge in [-0.05, 0) is 47.9 Å². The number of fused-ring (bicyclic) bond motifs is 1. The Hall–Kier alpha value is -3.99. The van der Waals surface area contributed by atoms with E-state index in [9.17, 15) is 14.4 Å². The fraction of sp³-hybridized carbons (Fsp3) is 0.115. The average molecular weight is 411 g/mol. The summed E-state index contributed by atoms with van der Waals surface area (Å²) in [5.74, 6) is -0.355. The van der Waals surface area contributed by atoms with Gasteiger partial charge in [-0.1, -0.05) is 55.5 Å². The van der Waals surface area contributed by atoms with Crippen LogP contribution >= 0.6 is 0 Å². The zero-order chi connectivity index (χ0) is 21.8. The summed E-state index contributed by atoms with van der Waals surface area (Å²) in [6.45, 7) is 1.92. The summed E-state index contributed by atoms with van der Waals surface area (Å²) in [6.07, 6.45) is 2.50. The standard InChI is InChI=1S/C26H21NO4/c1-2-17-10-12-19(13-11-17)27-24(28)16-31-20-7-5-6-18(14-20)15-23-25(29)21-8-3-4-9-22(21)26(23)30/h3-15H,2,16H2,1H3,(H,27,28). The van der Waals surface area contributed by atoms with Crippen LogP contribution < -0.4 is 10.1 Å². The van der Waals surface area contributed by atoms with Crippen LogP contribution in [0.3, 0.4) is 0 Å². The molecule has 3 aromatic carbocycles. The summed E-state index contributed by atoms with van der Waals surface area (Å²) >= 11 is 0. The van der Waals surface area contributed by atoms with Crippen LogP contribution in [0.25, 0.3) is 6.08 Å². The molecule has 0 saturated carbocycles. The molecule has 3 aromatic rings. The molecule has 0 bridgehead atoms. The van der Waals surface area contributed by atoms with Crippen LogP contribution in [0.1, 0.15) is 38.8 Å². The highest BCUT2D eigenvalue weighted by Crippen LogP contribution is 2.28. The van der Waals surface area contributed by atoms with Gasteiger partial charge in [-0.15, -0.1) is 0 Å². The van der Waals surface area contributed by atoms with Gasteiger partial charge in [0.2, 0.25) is 0 Å². The van der Waals surface area contributed by atoms with E-state index in [1.807, 2.05) is 24.3 Å². The van der Waals surface area contributed by atoms with Gasteiger partial charge in [0.15, 0.2) is 18.2 Å². The summed E-state index contributed by atoms with van der Waals surface area (Å²) < 4.78 is 5.59. The molecular formula is C26H21NO4. The molecule has 31 heavy (non-hydrogen) atoms. The molecule has 0 radical (unpaired) electrons. The Morgan fingerprint density at radius 2 is 1.58 bits per heavy atom. The minimum absolute atomic E-state index is 0.131. The molecule has 0 fully saturated rings. The van der Waals surface area contributed by atoms with E-state index in [4.69, 9.17) is 4.74 Å². The van der Waals surface area contributed by atoms with E-state index in [0.29, 0.717) is 28.1 Å². The second kappa shape index (κ2) is 8.79. The maximum absolute atomic E-state index is 12.6. The van der Waals surface area contributed by atoms with Crippen molar-refractivity contribution in [1.29, 1.82) is 0 Å². The summed E-state index contributed by atoms with van der Waals surface area (Å²) in [6, 6.07) is 21.4. The molecule has 0 saturated heterocycles. The molecule has 0 aliphatic heterocycles. The lowest BCUT2D eigenvalue weighted by molar-refractivity contribution is -0.118. The lowest BCUT2D eigenvalue weighted by atomic mass is 10.1. The number of amides is 1. The molecular weight excluding hydrogens is 390 g/mol. The Morgan fingerprint density at radius 1 is 0.903 bits per heavy atom. The Labute approximate surface area is 180 Å². The Balaban J connectivity index is 1.42. The number of rotatable bonds is 6. The summed E-state index contributed by atoms with van der Waals surface area (Å²) in [5, 5.41) is 2.79. The van der Waals surface area contributed by atoms with Crippen molar-refractivity contribution < 1.29 is 19.1 Å². The molecule has 0 atom stereocenters. The number of anilines is 1. The van der Waals surface area contributed by atoms with Gasteiger partial charge in [0.1, 0.15) is 5.75 Å². The van der Waals surface area contributed by atoms with Crippen LogP contribution in [-0.2, 0) is 11.2 Å². The fourth-order valence-corrected chi connectivity index (χ4v) is 3.43. The molecule has 0 unspecified atom stereocenters. The van der Waals surface area contributed by atoms with Gasteiger partial charge in [-0.3, -0.25) is 14.4 Å². The third-order valence-electron chi connectivity index (χ3n) is 5.09.